The van der Waals surface area contributed by atoms with Gasteiger partial charge in [-0.1, -0.05) is 47.7 Å². The zero-order valence-corrected chi connectivity index (χ0v) is 17.2. The minimum atomic E-state index is -0.292. The Labute approximate surface area is 169 Å². The summed E-state index contributed by atoms with van der Waals surface area (Å²) in [6, 6.07) is 16.1. The number of carbonyl (C=O) groups excluding carboxylic acids is 1. The topological polar surface area (TPSA) is 59.8 Å². The summed E-state index contributed by atoms with van der Waals surface area (Å²) in [5.41, 5.74) is 4.11. The molecule has 5 nitrogen and oxygen atoms in total. The molecular weight excluding hydrogens is 368 g/mol. The van der Waals surface area contributed by atoms with Crippen molar-refractivity contribution in [2.24, 2.45) is 0 Å². The zero-order valence-electron chi connectivity index (χ0n) is 16.3. The molecule has 4 rings (SSSR count). The molecule has 1 fully saturated rings. The van der Waals surface area contributed by atoms with Crippen LogP contribution in [0, 0.1) is 13.8 Å². The van der Waals surface area contributed by atoms with E-state index >= 15 is 0 Å². The molecule has 6 heteroatoms. The Balaban J connectivity index is 1.50. The van der Waals surface area contributed by atoms with E-state index < -0.39 is 0 Å². The van der Waals surface area contributed by atoms with Crippen molar-refractivity contribution in [2.45, 2.75) is 49.9 Å². The van der Waals surface area contributed by atoms with Crippen LogP contribution in [0.2, 0.25) is 0 Å². The second-order valence-electron chi connectivity index (χ2n) is 7.34. The van der Waals surface area contributed by atoms with E-state index in [2.05, 4.69) is 16.5 Å². The van der Waals surface area contributed by atoms with Crippen molar-refractivity contribution in [1.29, 1.82) is 0 Å². The van der Waals surface area contributed by atoms with Crippen molar-refractivity contribution in [3.63, 3.8) is 0 Å². The van der Waals surface area contributed by atoms with Crippen LogP contribution in [0.4, 0.5) is 5.69 Å². The van der Waals surface area contributed by atoms with Crippen molar-refractivity contribution in [3.8, 4) is 5.69 Å². The van der Waals surface area contributed by atoms with Gasteiger partial charge in [-0.25, -0.2) is 9.67 Å². The maximum atomic E-state index is 12.7. The average Bonchev–Trinajstić information content (AvgIpc) is 3.45. The maximum Gasteiger partial charge on any atom is 0.237 e. The van der Waals surface area contributed by atoms with E-state index in [9.17, 15) is 4.79 Å². The van der Waals surface area contributed by atoms with E-state index in [-0.39, 0.29) is 11.2 Å². The van der Waals surface area contributed by atoms with Crippen LogP contribution in [0.25, 0.3) is 5.69 Å². The molecule has 0 radical (unpaired) electrons. The Hall–Kier alpha value is -2.60. The van der Waals surface area contributed by atoms with E-state index in [1.807, 2.05) is 67.9 Å². The number of thioether (sulfide) groups is 1. The number of aryl methyl sites for hydroxylation is 2. The van der Waals surface area contributed by atoms with E-state index in [1.54, 1.807) is 0 Å². The van der Waals surface area contributed by atoms with E-state index in [4.69, 9.17) is 4.98 Å². The van der Waals surface area contributed by atoms with Crippen LogP contribution in [-0.4, -0.2) is 25.9 Å². The third-order valence-electron chi connectivity index (χ3n) is 4.85. The van der Waals surface area contributed by atoms with E-state index in [0.29, 0.717) is 11.1 Å². The summed E-state index contributed by atoms with van der Waals surface area (Å²) in [5.74, 6) is 1.43. The largest absolute Gasteiger partial charge is 0.325 e. The summed E-state index contributed by atoms with van der Waals surface area (Å²) in [7, 11) is 0. The Kier molecular flexibility index (Phi) is 5.22. The Morgan fingerprint density at radius 3 is 2.61 bits per heavy atom. The minimum absolute atomic E-state index is 0.0408. The smallest absolute Gasteiger partial charge is 0.237 e. The highest BCUT2D eigenvalue weighted by molar-refractivity contribution is 8.00. The number of nitrogens with one attached hydrogen (secondary N) is 1. The predicted octanol–water partition coefficient (Wildman–Crippen LogP) is 4.88. The highest BCUT2D eigenvalue weighted by Gasteiger charge is 2.31. The first kappa shape index (κ1) is 18.7. The SMILES string of the molecule is Cc1ccc(NC(=O)C(C)Sc2nc(C3CC3)n(-c3ccccc3)n2)c(C)c1. The van der Waals surface area contributed by atoms with Gasteiger partial charge >= 0.3 is 0 Å². The van der Waals surface area contributed by atoms with Crippen LogP contribution in [-0.2, 0) is 4.79 Å². The number of para-hydroxylation sites is 1. The number of nitrogens with zero attached hydrogens (tertiary/aromatic N) is 3. The number of hydrogen-bond acceptors (Lipinski definition) is 4. The predicted molar refractivity (Wildman–Crippen MR) is 113 cm³/mol. The molecule has 1 N–H and O–H groups in total. The third-order valence-corrected chi connectivity index (χ3v) is 5.80. The molecule has 2 aromatic carbocycles. The molecule has 28 heavy (non-hydrogen) atoms. The lowest BCUT2D eigenvalue weighted by atomic mass is 10.1. The highest BCUT2D eigenvalue weighted by atomic mass is 32.2. The normalized spacial score (nSPS) is 14.7. The molecular formula is C22H24N4OS. The van der Waals surface area contributed by atoms with Crippen LogP contribution in [0.5, 0.6) is 0 Å². The lowest BCUT2D eigenvalue weighted by molar-refractivity contribution is -0.115. The van der Waals surface area contributed by atoms with Gasteiger partial charge in [-0.15, -0.1) is 5.10 Å². The molecule has 0 spiro atoms. The van der Waals surface area contributed by atoms with Gasteiger partial charge in [-0.2, -0.15) is 0 Å². The molecule has 0 aliphatic heterocycles. The van der Waals surface area contributed by atoms with Crippen LogP contribution in [0.3, 0.4) is 0 Å². The molecule has 1 unspecified atom stereocenters. The molecule has 1 aromatic heterocycles. The first-order valence-corrected chi connectivity index (χ1v) is 10.5. The number of benzene rings is 2. The second-order valence-corrected chi connectivity index (χ2v) is 8.65. The lowest BCUT2D eigenvalue weighted by Crippen LogP contribution is -2.23. The molecule has 1 aliphatic rings. The van der Waals surface area contributed by atoms with Gasteiger partial charge in [0.15, 0.2) is 0 Å². The van der Waals surface area contributed by atoms with Gasteiger partial charge in [0.1, 0.15) is 5.82 Å². The summed E-state index contributed by atoms with van der Waals surface area (Å²) < 4.78 is 1.93. The maximum absolute atomic E-state index is 12.7. The van der Waals surface area contributed by atoms with Gasteiger partial charge in [-0.3, -0.25) is 4.79 Å². The number of aromatic nitrogens is 3. The number of anilines is 1. The van der Waals surface area contributed by atoms with Crippen LogP contribution in [0.1, 0.15) is 42.6 Å². The van der Waals surface area contributed by atoms with Crippen molar-refractivity contribution >= 4 is 23.4 Å². The fourth-order valence-corrected chi connectivity index (χ4v) is 3.88. The molecule has 3 aromatic rings. The van der Waals surface area contributed by atoms with Gasteiger partial charge in [-0.05, 0) is 57.4 Å². The summed E-state index contributed by atoms with van der Waals surface area (Å²) in [4.78, 5) is 17.4. The lowest BCUT2D eigenvalue weighted by Gasteiger charge is -2.12. The molecule has 1 aliphatic carbocycles. The third kappa shape index (κ3) is 4.12. The monoisotopic (exact) mass is 392 g/mol. The standard InChI is InChI=1S/C22H24N4OS/c1-14-9-12-19(15(2)13-14)23-21(27)16(3)28-22-24-20(17-10-11-17)26(25-22)18-7-5-4-6-8-18/h4-9,12-13,16-17H,10-11H2,1-3H3,(H,23,27). The number of amides is 1. The van der Waals surface area contributed by atoms with Crippen molar-refractivity contribution < 1.29 is 4.79 Å². The fraction of sp³-hybridized carbons (Fsp3) is 0.318. The second kappa shape index (κ2) is 7.80. The van der Waals surface area contributed by atoms with Crippen molar-refractivity contribution in [2.75, 3.05) is 5.32 Å². The molecule has 1 atom stereocenters. The van der Waals surface area contributed by atoms with Gasteiger partial charge in [0.2, 0.25) is 11.1 Å². The molecule has 0 saturated heterocycles. The van der Waals surface area contributed by atoms with Gasteiger partial charge < -0.3 is 5.32 Å². The van der Waals surface area contributed by atoms with Crippen LogP contribution >= 0.6 is 11.8 Å². The number of carbonyl (C=O) groups is 1. The van der Waals surface area contributed by atoms with Crippen LogP contribution < -0.4 is 5.32 Å². The molecule has 0 bridgehead atoms. The zero-order chi connectivity index (χ0) is 19.7. The molecule has 144 valence electrons. The summed E-state index contributed by atoms with van der Waals surface area (Å²) in [6.45, 7) is 5.94. The summed E-state index contributed by atoms with van der Waals surface area (Å²) in [6.07, 6.45) is 2.30. The average molecular weight is 393 g/mol. The molecule has 1 saturated carbocycles. The number of rotatable bonds is 6. The van der Waals surface area contributed by atoms with E-state index in [0.717, 1.165) is 35.6 Å². The fourth-order valence-electron chi connectivity index (χ4n) is 3.12. The summed E-state index contributed by atoms with van der Waals surface area (Å²) in [5, 5.41) is 8.07. The Bertz CT molecular complexity index is 995. The Morgan fingerprint density at radius 2 is 1.93 bits per heavy atom. The minimum Gasteiger partial charge on any atom is -0.325 e. The van der Waals surface area contributed by atoms with Crippen LogP contribution in [0.15, 0.2) is 53.7 Å². The molecule has 1 amide bonds. The highest BCUT2D eigenvalue weighted by Crippen LogP contribution is 2.40. The van der Waals surface area contributed by atoms with Gasteiger partial charge in [0.05, 0.1) is 10.9 Å². The van der Waals surface area contributed by atoms with Gasteiger partial charge in [0, 0.05) is 11.6 Å². The number of hydrogen-bond donors (Lipinski definition) is 1. The first-order chi connectivity index (χ1) is 13.5. The first-order valence-electron chi connectivity index (χ1n) is 9.58. The quantitative estimate of drug-likeness (QED) is 0.607. The van der Waals surface area contributed by atoms with Gasteiger partial charge in [0.25, 0.3) is 0 Å². The van der Waals surface area contributed by atoms with Crippen molar-refractivity contribution in [1.82, 2.24) is 14.8 Å². The summed E-state index contributed by atoms with van der Waals surface area (Å²) >= 11 is 1.40. The van der Waals surface area contributed by atoms with E-state index in [1.165, 1.54) is 17.3 Å². The Morgan fingerprint density at radius 1 is 1.18 bits per heavy atom. The molecule has 1 heterocycles. The van der Waals surface area contributed by atoms with Crippen molar-refractivity contribution in [3.05, 3.63) is 65.5 Å².